The molecule has 4 aromatic rings. The molecule has 7 nitrogen and oxygen atoms in total. The van der Waals surface area contributed by atoms with Crippen molar-refractivity contribution < 1.29 is 34.7 Å². The molecule has 0 saturated carbocycles. The second-order valence-corrected chi connectivity index (χ2v) is 6.83. The first-order valence-electron chi connectivity index (χ1n) is 9.55. The van der Waals surface area contributed by atoms with Crippen LogP contribution in [-0.4, -0.2) is 26.2 Å². The molecule has 4 rings (SSSR count). The molecule has 32 heavy (non-hydrogen) atoms. The van der Waals surface area contributed by atoms with Gasteiger partial charge in [0.05, 0.1) is 11.1 Å². The second-order valence-electron chi connectivity index (χ2n) is 6.83. The van der Waals surface area contributed by atoms with Crippen LogP contribution in [-0.2, 0) is 0 Å². The lowest BCUT2D eigenvalue weighted by molar-refractivity contribution is 0.103. The molecule has 7 heteroatoms. The minimum atomic E-state index is -0.768. The summed E-state index contributed by atoms with van der Waals surface area (Å²) in [4.78, 5) is 13.1. The summed E-state index contributed by atoms with van der Waals surface area (Å²) < 4.78 is 11.2. The number of phenolic OH excluding ortho intramolecular Hbond substituents is 4. The summed E-state index contributed by atoms with van der Waals surface area (Å²) in [5, 5.41) is 40.8. The highest BCUT2D eigenvalue weighted by molar-refractivity contribution is 6.13. The Morgan fingerprint density at radius 1 is 0.531 bits per heavy atom. The summed E-state index contributed by atoms with van der Waals surface area (Å²) in [6, 6.07) is 21.5. The molecule has 0 heterocycles. The van der Waals surface area contributed by atoms with E-state index in [1.165, 1.54) is 12.1 Å². The average molecular weight is 430 g/mol. The molecule has 160 valence electrons. The fourth-order valence-corrected chi connectivity index (χ4v) is 3.02. The zero-order valence-electron chi connectivity index (χ0n) is 16.6. The lowest BCUT2D eigenvalue weighted by Crippen LogP contribution is -2.03. The van der Waals surface area contributed by atoms with Gasteiger partial charge in [0.25, 0.3) is 0 Å². The van der Waals surface area contributed by atoms with E-state index in [-0.39, 0.29) is 34.1 Å². The van der Waals surface area contributed by atoms with Crippen molar-refractivity contribution in [1.82, 2.24) is 0 Å². The van der Waals surface area contributed by atoms with Crippen LogP contribution >= 0.6 is 0 Å². The first kappa shape index (κ1) is 20.6. The first-order valence-corrected chi connectivity index (χ1v) is 9.55. The largest absolute Gasteiger partial charge is 0.507 e. The Hall–Kier alpha value is -4.65. The number of ketones is 1. The number of rotatable bonds is 6. The monoisotopic (exact) mass is 430 g/mol. The second kappa shape index (κ2) is 8.61. The van der Waals surface area contributed by atoms with Gasteiger partial charge in [-0.15, -0.1) is 0 Å². The Morgan fingerprint density at radius 3 is 1.28 bits per heavy atom. The number of carbonyl (C=O) groups is 1. The molecule has 0 aliphatic heterocycles. The lowest BCUT2D eigenvalue weighted by Gasteiger charge is -2.13. The van der Waals surface area contributed by atoms with Crippen LogP contribution in [0.25, 0.3) is 0 Å². The summed E-state index contributed by atoms with van der Waals surface area (Å²) in [6.45, 7) is 0. The number of ether oxygens (including phenoxy) is 2. The van der Waals surface area contributed by atoms with Crippen molar-refractivity contribution >= 4 is 5.78 Å². The summed E-state index contributed by atoms with van der Waals surface area (Å²) >= 11 is 0. The van der Waals surface area contributed by atoms with Crippen LogP contribution in [0, 0.1) is 0 Å². The number of aromatic hydroxyl groups is 4. The Morgan fingerprint density at radius 2 is 0.906 bits per heavy atom. The molecular formula is C25H18O7. The Balaban J connectivity index is 1.71. The molecule has 0 aliphatic carbocycles. The molecule has 0 spiro atoms. The number of carbonyl (C=O) groups excluding carboxylic acids is 1. The maximum atomic E-state index is 13.1. The normalized spacial score (nSPS) is 10.5. The Bertz CT molecular complexity index is 1170. The SMILES string of the molecule is O=C(c1cc(Oc2ccccc2)c(O)cc1O)c1cc(Oc2ccccc2)c(O)cc1O. The van der Waals surface area contributed by atoms with Gasteiger partial charge < -0.3 is 29.9 Å². The van der Waals surface area contributed by atoms with Gasteiger partial charge in [0.2, 0.25) is 5.78 Å². The highest BCUT2D eigenvalue weighted by Crippen LogP contribution is 2.40. The van der Waals surface area contributed by atoms with Crippen LogP contribution in [0.5, 0.6) is 46.0 Å². The minimum Gasteiger partial charge on any atom is -0.507 e. The van der Waals surface area contributed by atoms with Crippen molar-refractivity contribution in [2.24, 2.45) is 0 Å². The van der Waals surface area contributed by atoms with E-state index < -0.39 is 17.3 Å². The van der Waals surface area contributed by atoms with Gasteiger partial charge >= 0.3 is 0 Å². The van der Waals surface area contributed by atoms with Crippen molar-refractivity contribution in [3.63, 3.8) is 0 Å². The highest BCUT2D eigenvalue weighted by atomic mass is 16.5. The standard InChI is InChI=1S/C25H18O7/c26-19-13-21(28)23(31-15-7-3-1-4-8-15)11-17(19)25(30)18-12-24(22(29)14-20(18)27)32-16-9-5-2-6-10-16/h1-14,26-29H. The van der Waals surface area contributed by atoms with Crippen LogP contribution in [0.2, 0.25) is 0 Å². The fourth-order valence-electron chi connectivity index (χ4n) is 3.02. The topological polar surface area (TPSA) is 116 Å². The average Bonchev–Trinajstić information content (AvgIpc) is 2.78. The number of benzene rings is 4. The third-order valence-electron chi connectivity index (χ3n) is 4.59. The quantitative estimate of drug-likeness (QED) is 0.306. The van der Waals surface area contributed by atoms with Gasteiger partial charge in [-0.2, -0.15) is 0 Å². The Labute approximate surface area is 183 Å². The first-order chi connectivity index (χ1) is 15.4. The van der Waals surface area contributed by atoms with Crippen LogP contribution in [0.4, 0.5) is 0 Å². The van der Waals surface area contributed by atoms with Crippen LogP contribution < -0.4 is 9.47 Å². The van der Waals surface area contributed by atoms with Crippen LogP contribution in [0.1, 0.15) is 15.9 Å². The summed E-state index contributed by atoms with van der Waals surface area (Å²) in [7, 11) is 0. The van der Waals surface area contributed by atoms with Gasteiger partial charge in [0.1, 0.15) is 23.0 Å². The molecule has 0 aliphatic rings. The molecule has 0 radical (unpaired) electrons. The summed E-state index contributed by atoms with van der Waals surface area (Å²) in [5.74, 6) is -1.81. The van der Waals surface area contributed by atoms with Crippen molar-refractivity contribution in [1.29, 1.82) is 0 Å². The predicted octanol–water partition coefficient (Wildman–Crippen LogP) is 5.32. The maximum Gasteiger partial charge on any atom is 0.200 e. The molecule has 4 aromatic carbocycles. The molecular weight excluding hydrogens is 412 g/mol. The van der Waals surface area contributed by atoms with Crippen molar-refractivity contribution in [3.05, 3.63) is 96.1 Å². The highest BCUT2D eigenvalue weighted by Gasteiger charge is 2.23. The van der Waals surface area contributed by atoms with Gasteiger partial charge in [-0.25, -0.2) is 0 Å². The molecule has 0 aromatic heterocycles. The third-order valence-corrected chi connectivity index (χ3v) is 4.59. The van der Waals surface area contributed by atoms with Gasteiger partial charge in [-0.05, 0) is 36.4 Å². The van der Waals surface area contributed by atoms with Gasteiger partial charge in [-0.3, -0.25) is 4.79 Å². The maximum absolute atomic E-state index is 13.1. The predicted molar refractivity (Wildman–Crippen MR) is 116 cm³/mol. The fraction of sp³-hybridized carbons (Fsp3) is 0. The van der Waals surface area contributed by atoms with Crippen LogP contribution in [0.15, 0.2) is 84.9 Å². The number of para-hydroxylation sites is 2. The molecule has 0 fully saturated rings. The number of hydrogen-bond acceptors (Lipinski definition) is 7. The van der Waals surface area contributed by atoms with E-state index in [9.17, 15) is 25.2 Å². The molecule has 0 bridgehead atoms. The van der Waals surface area contributed by atoms with Gasteiger partial charge in [0, 0.05) is 12.1 Å². The van der Waals surface area contributed by atoms with E-state index in [4.69, 9.17) is 9.47 Å². The van der Waals surface area contributed by atoms with Crippen molar-refractivity contribution in [3.8, 4) is 46.0 Å². The zero-order valence-corrected chi connectivity index (χ0v) is 16.6. The van der Waals surface area contributed by atoms with Gasteiger partial charge in [-0.1, -0.05) is 36.4 Å². The number of phenols is 4. The van der Waals surface area contributed by atoms with E-state index >= 15 is 0 Å². The van der Waals surface area contributed by atoms with Crippen LogP contribution in [0.3, 0.4) is 0 Å². The lowest BCUT2D eigenvalue weighted by atomic mass is 10.00. The minimum absolute atomic E-state index is 0.0589. The summed E-state index contributed by atoms with van der Waals surface area (Å²) in [6.07, 6.45) is 0. The number of hydrogen-bond donors (Lipinski definition) is 4. The molecule has 0 amide bonds. The molecule has 0 atom stereocenters. The van der Waals surface area contributed by atoms with Crippen molar-refractivity contribution in [2.45, 2.75) is 0 Å². The van der Waals surface area contributed by atoms with E-state index in [0.29, 0.717) is 11.5 Å². The smallest absolute Gasteiger partial charge is 0.200 e. The van der Waals surface area contributed by atoms with E-state index in [2.05, 4.69) is 0 Å². The third kappa shape index (κ3) is 4.27. The van der Waals surface area contributed by atoms with E-state index in [0.717, 1.165) is 12.1 Å². The molecule has 0 saturated heterocycles. The van der Waals surface area contributed by atoms with E-state index in [1.54, 1.807) is 60.7 Å². The summed E-state index contributed by atoms with van der Waals surface area (Å²) in [5.41, 5.74) is -0.444. The zero-order chi connectivity index (χ0) is 22.7. The van der Waals surface area contributed by atoms with E-state index in [1.807, 2.05) is 0 Å². The molecule has 4 N–H and O–H groups in total. The molecule has 0 unspecified atom stereocenters. The Kier molecular flexibility index (Phi) is 5.55. The van der Waals surface area contributed by atoms with Crippen molar-refractivity contribution in [2.75, 3.05) is 0 Å². The van der Waals surface area contributed by atoms with Gasteiger partial charge in [0.15, 0.2) is 23.0 Å².